The maximum Gasteiger partial charge on any atom is 0.275 e. The van der Waals surface area contributed by atoms with E-state index in [0.29, 0.717) is 21.9 Å². The predicted octanol–water partition coefficient (Wildman–Crippen LogP) is 6.79. The maximum absolute atomic E-state index is 14.0. The molecule has 1 aromatic carbocycles. The molecular weight excluding hydrogens is 664 g/mol. The van der Waals surface area contributed by atoms with E-state index in [0.717, 1.165) is 54.6 Å². The largest absolute Gasteiger partial charge is 0.494 e. The van der Waals surface area contributed by atoms with Crippen molar-refractivity contribution in [2.75, 3.05) is 45.1 Å². The lowest BCUT2D eigenvalue weighted by Gasteiger charge is -2.23. The Morgan fingerprint density at radius 1 is 0.796 bits per heavy atom. The van der Waals surface area contributed by atoms with Crippen molar-refractivity contribution in [2.45, 2.75) is 38.1 Å². The molecule has 1 fully saturated rings. The Morgan fingerprint density at radius 2 is 1.37 bits per heavy atom. The molecule has 0 bridgehead atoms. The van der Waals surface area contributed by atoms with Gasteiger partial charge in [0.25, 0.3) is 11.1 Å². The number of halogens is 1. The minimum absolute atomic E-state index is 0.104. The first kappa shape index (κ1) is 32.6. The molecule has 11 nitrogen and oxygen atoms in total. The van der Waals surface area contributed by atoms with Gasteiger partial charge in [0.05, 0.1) is 63.3 Å². The molecule has 6 aromatic heterocycles. The van der Waals surface area contributed by atoms with Crippen molar-refractivity contribution < 1.29 is 9.13 Å². The molecule has 8 rings (SSSR count). The molecule has 0 atom stereocenters. The molecule has 0 N–H and O–H groups in total. The van der Waals surface area contributed by atoms with Crippen LogP contribution in [0.15, 0.2) is 65.2 Å². The Bertz CT molecular complexity index is 2460. The number of methoxy groups -OCH3 is 1. The van der Waals surface area contributed by atoms with Gasteiger partial charge in [0.1, 0.15) is 15.7 Å². The fraction of sp³-hybridized carbons (Fsp3) is 0.314. The van der Waals surface area contributed by atoms with Gasteiger partial charge in [-0.1, -0.05) is 19.3 Å². The number of hydrogen-bond donors (Lipinski definition) is 0. The first-order valence-corrected chi connectivity index (χ1v) is 17.5. The predicted molar refractivity (Wildman–Crippen MR) is 197 cm³/mol. The van der Waals surface area contributed by atoms with Crippen molar-refractivity contribution in [3.63, 3.8) is 0 Å². The van der Waals surface area contributed by atoms with Crippen LogP contribution in [0.2, 0.25) is 0 Å². The van der Waals surface area contributed by atoms with E-state index >= 15 is 0 Å². The van der Waals surface area contributed by atoms with Gasteiger partial charge in [-0.2, -0.15) is 0 Å². The molecule has 1 aliphatic rings. The zero-order valence-corrected chi connectivity index (χ0v) is 29.4. The third-order valence-corrected chi connectivity index (χ3v) is 11.1. The second-order valence-corrected chi connectivity index (χ2v) is 14.5. The van der Waals surface area contributed by atoms with E-state index < -0.39 is 5.82 Å². The average Bonchev–Trinajstić information content (AvgIpc) is 3.69. The van der Waals surface area contributed by atoms with Crippen LogP contribution in [0, 0.1) is 5.82 Å². The Labute approximate surface area is 288 Å². The molecule has 14 heteroatoms. The first-order valence-electron chi connectivity index (χ1n) is 15.9. The lowest BCUT2D eigenvalue weighted by molar-refractivity contribution is 0.345. The van der Waals surface area contributed by atoms with E-state index in [9.17, 15) is 14.0 Å². The molecule has 0 spiro atoms. The third kappa shape index (κ3) is 5.78. The minimum atomic E-state index is -0.535. The standard InChI is InChI=1S/C18H15FN4O2S.C17H20N4OS/c1-22(2)12-7-20-8-14-15(12)16-17(26-14)18(24)23(9-21-16)10-4-5-13(25-3)11(19)6-10;1-20(2)12-8-18-9-13-14(12)15-16(23-13)17(22)21(10-19-15)11-6-4-3-5-7-11/h4-9H,1-3H3;8-11H,3-7H2,1-2H3. The molecule has 49 heavy (non-hydrogen) atoms. The number of nitrogens with zero attached hydrogens (tertiary/aromatic N) is 8. The summed E-state index contributed by atoms with van der Waals surface area (Å²) in [5, 5.41) is 1.94. The summed E-state index contributed by atoms with van der Waals surface area (Å²) in [4.78, 5) is 47.6. The van der Waals surface area contributed by atoms with E-state index in [1.54, 1.807) is 24.8 Å². The van der Waals surface area contributed by atoms with E-state index in [4.69, 9.17) is 4.74 Å². The monoisotopic (exact) mass is 698 g/mol. The summed E-state index contributed by atoms with van der Waals surface area (Å²) in [6.45, 7) is 0. The zero-order valence-electron chi connectivity index (χ0n) is 27.8. The van der Waals surface area contributed by atoms with Crippen LogP contribution in [-0.4, -0.2) is 64.4 Å². The Morgan fingerprint density at radius 3 is 1.92 bits per heavy atom. The van der Waals surface area contributed by atoms with Crippen molar-refractivity contribution in [3.8, 4) is 11.4 Å². The Hall–Kier alpha value is -4.95. The van der Waals surface area contributed by atoms with Crippen LogP contribution >= 0.6 is 22.7 Å². The Kier molecular flexibility index (Phi) is 8.75. The second kappa shape index (κ2) is 13.2. The number of benzene rings is 1. The average molecular weight is 699 g/mol. The number of fused-ring (bicyclic) bond motifs is 6. The van der Waals surface area contributed by atoms with Crippen LogP contribution in [0.5, 0.6) is 5.75 Å². The highest BCUT2D eigenvalue weighted by atomic mass is 32.1. The fourth-order valence-corrected chi connectivity index (χ4v) is 8.58. The van der Waals surface area contributed by atoms with Crippen molar-refractivity contribution in [2.24, 2.45) is 0 Å². The SMILES string of the molecule is CN(C)c1cncc2sc3c(=O)n(C4CCCCC4)cnc3c12.COc1ccc(-n2cnc3c(sc4cncc(N(C)C)c43)c2=O)cc1F. The number of ether oxygens (including phenoxy) is 1. The van der Waals surface area contributed by atoms with Crippen molar-refractivity contribution >= 4 is 74.7 Å². The van der Waals surface area contributed by atoms with Gasteiger partial charge in [0.2, 0.25) is 0 Å². The van der Waals surface area contributed by atoms with Crippen LogP contribution in [-0.2, 0) is 0 Å². The number of anilines is 2. The van der Waals surface area contributed by atoms with Gasteiger partial charge in [-0.15, -0.1) is 22.7 Å². The van der Waals surface area contributed by atoms with Crippen LogP contribution in [0.3, 0.4) is 0 Å². The second-order valence-electron chi connectivity index (χ2n) is 12.4. The zero-order chi connectivity index (χ0) is 34.4. The summed E-state index contributed by atoms with van der Waals surface area (Å²) in [5.74, 6) is -0.410. The van der Waals surface area contributed by atoms with Gasteiger partial charge in [-0.05, 0) is 25.0 Å². The van der Waals surface area contributed by atoms with Crippen molar-refractivity contribution in [1.29, 1.82) is 0 Å². The number of pyridine rings is 2. The molecule has 0 aliphatic heterocycles. The Balaban J connectivity index is 0.000000155. The van der Waals surface area contributed by atoms with Crippen molar-refractivity contribution in [1.82, 2.24) is 29.1 Å². The molecule has 0 saturated heterocycles. The van der Waals surface area contributed by atoms with E-state index in [-0.39, 0.29) is 16.9 Å². The smallest absolute Gasteiger partial charge is 0.275 e. The summed E-state index contributed by atoms with van der Waals surface area (Å²) >= 11 is 2.85. The van der Waals surface area contributed by atoms with E-state index in [1.807, 2.05) is 55.0 Å². The summed E-state index contributed by atoms with van der Waals surface area (Å²) in [6.07, 6.45) is 16.2. The number of hydrogen-bond acceptors (Lipinski definition) is 11. The van der Waals surface area contributed by atoms with Gasteiger partial charge >= 0.3 is 0 Å². The van der Waals surface area contributed by atoms with E-state index in [2.05, 4.69) is 19.9 Å². The van der Waals surface area contributed by atoms with E-state index in [1.165, 1.54) is 72.1 Å². The quantitative estimate of drug-likeness (QED) is 0.192. The lowest BCUT2D eigenvalue weighted by atomic mass is 9.95. The summed E-state index contributed by atoms with van der Waals surface area (Å²) < 4.78 is 25.3. The van der Waals surface area contributed by atoms with Crippen LogP contribution < -0.4 is 25.7 Å². The van der Waals surface area contributed by atoms with Crippen LogP contribution in [0.25, 0.3) is 46.3 Å². The number of rotatable bonds is 5. The molecule has 1 saturated carbocycles. The molecule has 252 valence electrons. The molecule has 7 aromatic rings. The summed E-state index contributed by atoms with van der Waals surface area (Å²) in [7, 11) is 9.21. The topological polar surface area (TPSA) is 111 Å². The summed E-state index contributed by atoms with van der Waals surface area (Å²) in [5.41, 5.74) is 3.61. The molecular formula is C35H35FN8O3S2. The van der Waals surface area contributed by atoms with Crippen LogP contribution in [0.4, 0.5) is 15.8 Å². The van der Waals surface area contributed by atoms with Gasteiger partial charge in [-0.3, -0.25) is 28.7 Å². The maximum atomic E-state index is 14.0. The lowest BCUT2D eigenvalue weighted by Crippen LogP contribution is -2.26. The van der Waals surface area contributed by atoms with Gasteiger partial charge < -0.3 is 14.5 Å². The highest BCUT2D eigenvalue weighted by Gasteiger charge is 2.21. The highest BCUT2D eigenvalue weighted by Crippen LogP contribution is 2.37. The van der Waals surface area contributed by atoms with Crippen LogP contribution in [0.1, 0.15) is 38.1 Å². The third-order valence-electron chi connectivity index (χ3n) is 8.91. The number of aromatic nitrogens is 6. The number of thiophene rings is 2. The molecule has 6 heterocycles. The van der Waals surface area contributed by atoms with Gasteiger partial charge in [0, 0.05) is 63.5 Å². The van der Waals surface area contributed by atoms with Crippen molar-refractivity contribution in [3.05, 3.63) is 82.2 Å². The normalized spacial score (nSPS) is 13.6. The minimum Gasteiger partial charge on any atom is -0.494 e. The molecule has 0 radical (unpaired) electrons. The van der Waals surface area contributed by atoms with Gasteiger partial charge in [-0.25, -0.2) is 14.4 Å². The molecule has 1 aliphatic carbocycles. The van der Waals surface area contributed by atoms with Gasteiger partial charge in [0.15, 0.2) is 11.6 Å². The highest BCUT2D eigenvalue weighted by molar-refractivity contribution is 7.26. The molecule has 0 amide bonds. The molecule has 0 unspecified atom stereocenters. The fourth-order valence-electron chi connectivity index (χ4n) is 6.43. The first-order chi connectivity index (χ1) is 23.7. The summed E-state index contributed by atoms with van der Waals surface area (Å²) in [6, 6.07) is 4.68.